The van der Waals surface area contributed by atoms with E-state index in [9.17, 15) is 4.79 Å². The smallest absolute Gasteiger partial charge is 0.272 e. The van der Waals surface area contributed by atoms with E-state index in [0.717, 1.165) is 23.9 Å². The number of nitrogens with one attached hydrogen (secondary N) is 2. The lowest BCUT2D eigenvalue weighted by atomic mass is 10.0. The summed E-state index contributed by atoms with van der Waals surface area (Å²) in [6.45, 7) is 5.25. The molecular formula is C17H24N4O. The number of aromatic amines is 1. The Morgan fingerprint density at radius 2 is 2.27 bits per heavy atom. The van der Waals surface area contributed by atoms with Gasteiger partial charge in [0.15, 0.2) is 5.69 Å². The standard InChI is InChI=1S/C17H24N4O/c1-13-7-4-5-11-21(13)12-6-10-18-17(22)16-14-8-2-3-9-15(14)19-20-16/h2-3,8-9,13H,4-7,10-12H2,1H3,(H,18,22)(H,19,20)/t13-/m0/s1. The van der Waals surface area contributed by atoms with Crippen molar-refractivity contribution in [3.8, 4) is 0 Å². The summed E-state index contributed by atoms with van der Waals surface area (Å²) in [6, 6.07) is 8.38. The van der Waals surface area contributed by atoms with Crippen LogP contribution in [0, 0.1) is 0 Å². The lowest BCUT2D eigenvalue weighted by Gasteiger charge is -2.33. The number of hydrogen-bond acceptors (Lipinski definition) is 3. The lowest BCUT2D eigenvalue weighted by molar-refractivity contribution is 0.0945. The van der Waals surface area contributed by atoms with Gasteiger partial charge < -0.3 is 10.2 Å². The highest BCUT2D eigenvalue weighted by atomic mass is 16.1. The summed E-state index contributed by atoms with van der Waals surface area (Å²) < 4.78 is 0. The Morgan fingerprint density at radius 3 is 3.14 bits per heavy atom. The molecule has 0 unspecified atom stereocenters. The minimum Gasteiger partial charge on any atom is -0.351 e. The number of H-pyrrole nitrogens is 1. The van der Waals surface area contributed by atoms with Gasteiger partial charge in [0.2, 0.25) is 0 Å². The van der Waals surface area contributed by atoms with Gasteiger partial charge in [-0.25, -0.2) is 0 Å². The zero-order valence-electron chi connectivity index (χ0n) is 13.1. The zero-order valence-corrected chi connectivity index (χ0v) is 13.1. The van der Waals surface area contributed by atoms with Crippen molar-refractivity contribution in [3.63, 3.8) is 0 Å². The first-order chi connectivity index (χ1) is 10.8. The molecule has 0 radical (unpaired) electrons. The van der Waals surface area contributed by atoms with Gasteiger partial charge in [-0.3, -0.25) is 9.89 Å². The molecular weight excluding hydrogens is 276 g/mol. The van der Waals surface area contributed by atoms with Crippen molar-refractivity contribution in [1.82, 2.24) is 20.4 Å². The second-order valence-electron chi connectivity index (χ2n) is 6.11. The molecule has 0 bridgehead atoms. The van der Waals surface area contributed by atoms with Crippen LogP contribution in [0.2, 0.25) is 0 Å². The lowest BCUT2D eigenvalue weighted by Crippen LogP contribution is -2.39. The van der Waals surface area contributed by atoms with E-state index in [4.69, 9.17) is 0 Å². The van der Waals surface area contributed by atoms with E-state index in [1.807, 2.05) is 24.3 Å². The Labute approximate surface area is 131 Å². The molecule has 1 aliphatic rings. The van der Waals surface area contributed by atoms with Gasteiger partial charge in [-0.15, -0.1) is 0 Å². The number of nitrogens with zero attached hydrogens (tertiary/aromatic N) is 2. The maximum Gasteiger partial charge on any atom is 0.272 e. The molecule has 22 heavy (non-hydrogen) atoms. The number of amides is 1. The molecule has 1 atom stereocenters. The van der Waals surface area contributed by atoms with Crippen LogP contribution in [0.1, 0.15) is 43.1 Å². The Kier molecular flexibility index (Phi) is 4.73. The van der Waals surface area contributed by atoms with Gasteiger partial charge in [0, 0.05) is 24.5 Å². The first kappa shape index (κ1) is 15.0. The highest BCUT2D eigenvalue weighted by molar-refractivity contribution is 6.04. The molecule has 2 aromatic rings. The van der Waals surface area contributed by atoms with Gasteiger partial charge in [0.05, 0.1) is 5.52 Å². The predicted molar refractivity (Wildman–Crippen MR) is 87.9 cm³/mol. The van der Waals surface area contributed by atoms with Gasteiger partial charge in [0.25, 0.3) is 5.91 Å². The molecule has 2 heterocycles. The summed E-state index contributed by atoms with van der Waals surface area (Å²) in [6.07, 6.45) is 4.93. The molecule has 1 amide bonds. The fourth-order valence-electron chi connectivity index (χ4n) is 3.19. The quantitative estimate of drug-likeness (QED) is 0.834. The summed E-state index contributed by atoms with van der Waals surface area (Å²) in [5.74, 6) is -0.0934. The summed E-state index contributed by atoms with van der Waals surface area (Å²) in [5, 5.41) is 10.9. The monoisotopic (exact) mass is 300 g/mol. The Morgan fingerprint density at radius 1 is 1.41 bits per heavy atom. The number of aromatic nitrogens is 2. The molecule has 3 rings (SSSR count). The number of rotatable bonds is 5. The first-order valence-electron chi connectivity index (χ1n) is 8.21. The van der Waals surface area contributed by atoms with Crippen LogP contribution < -0.4 is 5.32 Å². The van der Waals surface area contributed by atoms with Crippen LogP contribution in [0.15, 0.2) is 24.3 Å². The van der Waals surface area contributed by atoms with Crippen molar-refractivity contribution < 1.29 is 4.79 Å². The molecule has 0 spiro atoms. The maximum absolute atomic E-state index is 12.2. The van der Waals surface area contributed by atoms with Crippen LogP contribution >= 0.6 is 0 Å². The van der Waals surface area contributed by atoms with Crippen molar-refractivity contribution in [2.24, 2.45) is 0 Å². The van der Waals surface area contributed by atoms with E-state index in [1.54, 1.807) is 0 Å². The van der Waals surface area contributed by atoms with Crippen molar-refractivity contribution in [3.05, 3.63) is 30.0 Å². The molecule has 1 fully saturated rings. The third-order valence-electron chi connectivity index (χ3n) is 4.53. The Bertz CT molecular complexity index is 636. The van der Waals surface area contributed by atoms with Crippen LogP contribution in [0.3, 0.4) is 0 Å². The molecule has 118 valence electrons. The van der Waals surface area contributed by atoms with E-state index in [-0.39, 0.29) is 5.91 Å². The highest BCUT2D eigenvalue weighted by Crippen LogP contribution is 2.16. The van der Waals surface area contributed by atoms with Crippen molar-refractivity contribution in [1.29, 1.82) is 0 Å². The number of likely N-dealkylation sites (tertiary alicyclic amines) is 1. The molecule has 1 aromatic heterocycles. The van der Waals surface area contributed by atoms with Crippen molar-refractivity contribution >= 4 is 16.8 Å². The molecule has 5 heteroatoms. The minimum atomic E-state index is -0.0934. The van der Waals surface area contributed by atoms with Crippen LogP contribution in [0.5, 0.6) is 0 Å². The second kappa shape index (κ2) is 6.92. The first-order valence-corrected chi connectivity index (χ1v) is 8.21. The second-order valence-corrected chi connectivity index (χ2v) is 6.11. The van der Waals surface area contributed by atoms with Gasteiger partial charge >= 0.3 is 0 Å². The summed E-state index contributed by atoms with van der Waals surface area (Å²) in [5.41, 5.74) is 1.39. The summed E-state index contributed by atoms with van der Waals surface area (Å²) in [7, 11) is 0. The van der Waals surface area contributed by atoms with E-state index in [2.05, 4.69) is 27.3 Å². The summed E-state index contributed by atoms with van der Waals surface area (Å²) >= 11 is 0. The molecule has 1 aromatic carbocycles. The van der Waals surface area contributed by atoms with E-state index < -0.39 is 0 Å². The summed E-state index contributed by atoms with van der Waals surface area (Å²) in [4.78, 5) is 14.8. The van der Waals surface area contributed by atoms with Gasteiger partial charge in [-0.05, 0) is 38.8 Å². The molecule has 2 N–H and O–H groups in total. The van der Waals surface area contributed by atoms with Gasteiger partial charge in [-0.1, -0.05) is 24.6 Å². The van der Waals surface area contributed by atoms with E-state index >= 15 is 0 Å². The number of carbonyl (C=O) groups excluding carboxylic acids is 1. The Balaban J connectivity index is 1.48. The number of hydrogen-bond donors (Lipinski definition) is 2. The van der Waals surface area contributed by atoms with E-state index in [0.29, 0.717) is 18.3 Å². The number of piperidine rings is 1. The average molecular weight is 300 g/mol. The molecule has 1 aliphatic heterocycles. The van der Waals surface area contributed by atoms with Crippen LogP contribution in [0.25, 0.3) is 10.9 Å². The average Bonchev–Trinajstić information content (AvgIpc) is 2.97. The van der Waals surface area contributed by atoms with Crippen LogP contribution in [-0.2, 0) is 0 Å². The number of benzene rings is 1. The molecule has 0 saturated carbocycles. The highest BCUT2D eigenvalue weighted by Gasteiger charge is 2.17. The van der Waals surface area contributed by atoms with E-state index in [1.165, 1.54) is 25.8 Å². The Hall–Kier alpha value is -1.88. The largest absolute Gasteiger partial charge is 0.351 e. The van der Waals surface area contributed by atoms with Crippen LogP contribution in [0.4, 0.5) is 0 Å². The van der Waals surface area contributed by atoms with Crippen LogP contribution in [-0.4, -0.2) is 46.7 Å². The SMILES string of the molecule is C[C@H]1CCCCN1CCCNC(=O)c1n[nH]c2ccccc12. The zero-order chi connectivity index (χ0) is 15.4. The molecule has 1 saturated heterocycles. The fourth-order valence-corrected chi connectivity index (χ4v) is 3.19. The predicted octanol–water partition coefficient (Wildman–Crippen LogP) is 2.56. The number of para-hydroxylation sites is 1. The topological polar surface area (TPSA) is 61.0 Å². The number of carbonyl (C=O) groups is 1. The van der Waals surface area contributed by atoms with Gasteiger partial charge in [-0.2, -0.15) is 5.10 Å². The molecule has 0 aliphatic carbocycles. The third kappa shape index (κ3) is 3.30. The van der Waals surface area contributed by atoms with Crippen molar-refractivity contribution in [2.75, 3.05) is 19.6 Å². The normalized spacial score (nSPS) is 19.4. The maximum atomic E-state index is 12.2. The fraction of sp³-hybridized carbons (Fsp3) is 0.529. The number of fused-ring (bicyclic) bond motifs is 1. The van der Waals surface area contributed by atoms with Crippen molar-refractivity contribution in [2.45, 2.75) is 38.6 Å². The van der Waals surface area contributed by atoms with Gasteiger partial charge in [0.1, 0.15) is 0 Å². The third-order valence-corrected chi connectivity index (χ3v) is 4.53. The molecule has 5 nitrogen and oxygen atoms in total. The minimum absolute atomic E-state index is 0.0934.